The molecule has 0 saturated carbocycles. The molecule has 1 fully saturated rings. The Kier molecular flexibility index (Phi) is 3.75. The second-order valence-electron chi connectivity index (χ2n) is 7.09. The van der Waals surface area contributed by atoms with Gasteiger partial charge < -0.3 is 5.32 Å². The van der Waals surface area contributed by atoms with Gasteiger partial charge in [-0.3, -0.25) is 14.0 Å². The van der Waals surface area contributed by atoms with Crippen LogP contribution in [0.1, 0.15) is 36.0 Å². The first kappa shape index (κ1) is 15.0. The molecule has 0 spiro atoms. The SMILES string of the molecule is c1ccn2c(C3CCCN(Cc4cc5n(n4)CCNC5)C3)nnc2c1. The summed E-state index contributed by atoms with van der Waals surface area (Å²) in [7, 11) is 0. The van der Waals surface area contributed by atoms with Crippen molar-refractivity contribution in [3.8, 4) is 0 Å². The van der Waals surface area contributed by atoms with E-state index in [1.807, 2.05) is 18.2 Å². The number of hydrogen-bond acceptors (Lipinski definition) is 5. The van der Waals surface area contributed by atoms with Gasteiger partial charge in [0.1, 0.15) is 5.82 Å². The molecule has 1 unspecified atom stereocenters. The summed E-state index contributed by atoms with van der Waals surface area (Å²) in [6, 6.07) is 8.32. The third kappa shape index (κ3) is 2.83. The number of piperidine rings is 1. The van der Waals surface area contributed by atoms with E-state index in [4.69, 9.17) is 5.10 Å². The summed E-state index contributed by atoms with van der Waals surface area (Å²) in [6.07, 6.45) is 4.44. The number of nitrogens with zero attached hydrogens (tertiary/aromatic N) is 6. The van der Waals surface area contributed by atoms with E-state index in [0.29, 0.717) is 5.92 Å². The van der Waals surface area contributed by atoms with E-state index in [0.717, 1.165) is 50.7 Å². The molecule has 7 heteroatoms. The van der Waals surface area contributed by atoms with Crippen molar-refractivity contribution in [3.05, 3.63) is 47.7 Å². The molecule has 0 aliphatic carbocycles. The number of likely N-dealkylation sites (tertiary alicyclic amines) is 1. The van der Waals surface area contributed by atoms with Crippen LogP contribution in [-0.2, 0) is 19.6 Å². The lowest BCUT2D eigenvalue weighted by Gasteiger charge is -2.31. The van der Waals surface area contributed by atoms with Crippen molar-refractivity contribution in [2.24, 2.45) is 0 Å². The normalized spacial score (nSPS) is 21.5. The number of aromatic nitrogens is 5. The van der Waals surface area contributed by atoms with Gasteiger partial charge in [-0.05, 0) is 37.6 Å². The van der Waals surface area contributed by atoms with Crippen molar-refractivity contribution in [2.45, 2.75) is 38.4 Å². The first-order chi connectivity index (χ1) is 12.4. The molecule has 3 aromatic rings. The predicted octanol–water partition coefficient (Wildman–Crippen LogP) is 1.41. The van der Waals surface area contributed by atoms with E-state index in [9.17, 15) is 0 Å². The number of fused-ring (bicyclic) bond motifs is 2. The standard InChI is InChI=1S/C18H23N7/c1-2-8-24-17(5-1)20-21-18(24)14-4-3-7-23(12-14)13-15-10-16-11-19-6-9-25(16)22-15/h1-2,5,8,10,14,19H,3-4,6-7,9,11-13H2. The van der Waals surface area contributed by atoms with Crippen LogP contribution in [0.25, 0.3) is 5.65 Å². The maximum atomic E-state index is 4.78. The van der Waals surface area contributed by atoms with Crippen molar-refractivity contribution in [2.75, 3.05) is 19.6 Å². The largest absolute Gasteiger partial charge is 0.309 e. The van der Waals surface area contributed by atoms with Crippen LogP contribution >= 0.6 is 0 Å². The first-order valence-corrected chi connectivity index (χ1v) is 9.15. The van der Waals surface area contributed by atoms with Gasteiger partial charge in [-0.2, -0.15) is 5.10 Å². The van der Waals surface area contributed by atoms with Gasteiger partial charge in [-0.15, -0.1) is 10.2 Å². The van der Waals surface area contributed by atoms with E-state index in [-0.39, 0.29) is 0 Å². The molecule has 25 heavy (non-hydrogen) atoms. The smallest absolute Gasteiger partial charge is 0.160 e. The molecule has 1 saturated heterocycles. The summed E-state index contributed by atoms with van der Waals surface area (Å²) in [4.78, 5) is 2.51. The van der Waals surface area contributed by atoms with Gasteiger partial charge in [0.15, 0.2) is 5.65 Å². The van der Waals surface area contributed by atoms with Gasteiger partial charge in [0.25, 0.3) is 0 Å². The predicted molar refractivity (Wildman–Crippen MR) is 94.2 cm³/mol. The van der Waals surface area contributed by atoms with E-state index in [2.05, 4.69) is 41.8 Å². The Morgan fingerprint density at radius 1 is 1.20 bits per heavy atom. The topological polar surface area (TPSA) is 63.3 Å². The maximum Gasteiger partial charge on any atom is 0.160 e. The highest BCUT2D eigenvalue weighted by atomic mass is 15.3. The molecule has 3 aromatic heterocycles. The van der Waals surface area contributed by atoms with Gasteiger partial charge in [0, 0.05) is 38.3 Å². The molecule has 5 heterocycles. The number of nitrogens with one attached hydrogen (secondary N) is 1. The van der Waals surface area contributed by atoms with Crippen LogP contribution in [0.3, 0.4) is 0 Å². The lowest BCUT2D eigenvalue weighted by molar-refractivity contribution is 0.193. The first-order valence-electron chi connectivity index (χ1n) is 9.15. The molecule has 0 bridgehead atoms. The minimum absolute atomic E-state index is 0.435. The quantitative estimate of drug-likeness (QED) is 0.783. The summed E-state index contributed by atoms with van der Waals surface area (Å²) < 4.78 is 4.29. The average molecular weight is 337 g/mol. The Morgan fingerprint density at radius 3 is 3.16 bits per heavy atom. The zero-order chi connectivity index (χ0) is 16.6. The maximum absolute atomic E-state index is 4.78. The van der Waals surface area contributed by atoms with E-state index < -0.39 is 0 Å². The van der Waals surface area contributed by atoms with Gasteiger partial charge in [-0.1, -0.05) is 6.07 Å². The minimum Gasteiger partial charge on any atom is -0.309 e. The molecule has 2 aliphatic heterocycles. The monoisotopic (exact) mass is 337 g/mol. The molecule has 1 N–H and O–H groups in total. The fraction of sp³-hybridized carbons (Fsp3) is 0.500. The summed E-state index contributed by atoms with van der Waals surface area (Å²) >= 11 is 0. The van der Waals surface area contributed by atoms with E-state index in [1.54, 1.807) is 0 Å². The Bertz CT molecular complexity index is 857. The molecule has 0 amide bonds. The molecular formula is C18H23N7. The Hall–Kier alpha value is -2.25. The average Bonchev–Trinajstić information content (AvgIpc) is 3.25. The molecule has 5 rings (SSSR count). The molecule has 2 aliphatic rings. The van der Waals surface area contributed by atoms with Crippen molar-refractivity contribution >= 4 is 5.65 Å². The Labute approximate surface area is 146 Å². The number of rotatable bonds is 3. The van der Waals surface area contributed by atoms with Gasteiger partial charge in [0.2, 0.25) is 0 Å². The third-order valence-corrected chi connectivity index (χ3v) is 5.32. The van der Waals surface area contributed by atoms with E-state index in [1.165, 1.54) is 24.2 Å². The molecular weight excluding hydrogens is 314 g/mol. The highest BCUT2D eigenvalue weighted by Gasteiger charge is 2.26. The summed E-state index contributed by atoms with van der Waals surface area (Å²) in [5.41, 5.74) is 3.42. The van der Waals surface area contributed by atoms with Gasteiger partial charge >= 0.3 is 0 Å². The second-order valence-corrected chi connectivity index (χ2v) is 7.09. The van der Waals surface area contributed by atoms with Crippen LogP contribution in [0.2, 0.25) is 0 Å². The van der Waals surface area contributed by atoms with E-state index >= 15 is 0 Å². The van der Waals surface area contributed by atoms with Crippen molar-refractivity contribution in [1.29, 1.82) is 0 Å². The van der Waals surface area contributed by atoms with Crippen molar-refractivity contribution in [3.63, 3.8) is 0 Å². The summed E-state index contributed by atoms with van der Waals surface area (Å²) in [6.45, 7) is 6.00. The third-order valence-electron chi connectivity index (χ3n) is 5.32. The van der Waals surface area contributed by atoms with Crippen LogP contribution in [-0.4, -0.2) is 48.9 Å². The fourth-order valence-electron chi connectivity index (χ4n) is 4.11. The zero-order valence-electron chi connectivity index (χ0n) is 14.3. The van der Waals surface area contributed by atoms with Crippen LogP contribution in [0.15, 0.2) is 30.5 Å². The van der Waals surface area contributed by atoms with Crippen molar-refractivity contribution in [1.82, 2.24) is 34.6 Å². The van der Waals surface area contributed by atoms with Crippen LogP contribution in [0, 0.1) is 0 Å². The van der Waals surface area contributed by atoms with Gasteiger partial charge in [-0.25, -0.2) is 0 Å². The van der Waals surface area contributed by atoms with Gasteiger partial charge in [0.05, 0.1) is 17.9 Å². The fourth-order valence-corrected chi connectivity index (χ4v) is 4.11. The highest BCUT2D eigenvalue weighted by Crippen LogP contribution is 2.27. The Balaban J connectivity index is 1.33. The second kappa shape index (κ2) is 6.24. The van der Waals surface area contributed by atoms with Crippen LogP contribution in [0.4, 0.5) is 0 Å². The van der Waals surface area contributed by atoms with Crippen LogP contribution < -0.4 is 5.32 Å². The van der Waals surface area contributed by atoms with Crippen LogP contribution in [0.5, 0.6) is 0 Å². The molecule has 7 nitrogen and oxygen atoms in total. The molecule has 130 valence electrons. The lowest BCUT2D eigenvalue weighted by atomic mass is 9.97. The molecule has 0 aromatic carbocycles. The number of hydrogen-bond donors (Lipinski definition) is 1. The summed E-state index contributed by atoms with van der Waals surface area (Å²) in [5, 5.41) is 17.0. The number of pyridine rings is 1. The lowest BCUT2D eigenvalue weighted by Crippen LogP contribution is -2.34. The Morgan fingerprint density at radius 2 is 2.20 bits per heavy atom. The molecule has 0 radical (unpaired) electrons. The van der Waals surface area contributed by atoms with Crippen molar-refractivity contribution < 1.29 is 0 Å². The highest BCUT2D eigenvalue weighted by molar-refractivity contribution is 5.37. The zero-order valence-corrected chi connectivity index (χ0v) is 14.3. The summed E-state index contributed by atoms with van der Waals surface area (Å²) in [5.74, 6) is 1.53. The minimum atomic E-state index is 0.435. The molecule has 1 atom stereocenters.